The maximum Gasteiger partial charge on any atom is 0.266 e. The number of sulfone groups is 1. The van der Waals surface area contributed by atoms with E-state index in [2.05, 4.69) is 5.32 Å². The molecule has 10 heteroatoms. The number of halogens is 1. The van der Waals surface area contributed by atoms with Gasteiger partial charge in [0.1, 0.15) is 10.1 Å². The zero-order valence-corrected chi connectivity index (χ0v) is 16.6. The summed E-state index contributed by atoms with van der Waals surface area (Å²) < 4.78 is 36.2. The van der Waals surface area contributed by atoms with Crippen LogP contribution >= 0.6 is 24.0 Å². The van der Waals surface area contributed by atoms with Gasteiger partial charge in [-0.3, -0.25) is 14.5 Å². The second-order valence-corrected chi connectivity index (χ2v) is 10.2. The highest BCUT2D eigenvalue weighted by molar-refractivity contribution is 8.26. The monoisotopic (exact) mass is 428 g/mol. The molecule has 0 spiro atoms. The Morgan fingerprint density at radius 3 is 2.70 bits per heavy atom. The van der Waals surface area contributed by atoms with E-state index in [1.165, 1.54) is 17.0 Å². The van der Waals surface area contributed by atoms with E-state index >= 15 is 0 Å². The molecule has 2 aliphatic heterocycles. The Hall–Kier alpha value is -1.78. The molecule has 3 rings (SSSR count). The van der Waals surface area contributed by atoms with Crippen molar-refractivity contribution in [2.75, 3.05) is 18.1 Å². The predicted octanol–water partition coefficient (Wildman–Crippen LogP) is 1.72. The molecule has 1 aromatic rings. The van der Waals surface area contributed by atoms with E-state index in [4.69, 9.17) is 12.2 Å². The molecule has 144 valence electrons. The van der Waals surface area contributed by atoms with Gasteiger partial charge in [0, 0.05) is 19.0 Å². The molecule has 0 aromatic heterocycles. The van der Waals surface area contributed by atoms with Crippen molar-refractivity contribution in [3.05, 3.63) is 40.6 Å². The summed E-state index contributed by atoms with van der Waals surface area (Å²) in [4.78, 5) is 26.3. The van der Waals surface area contributed by atoms with Gasteiger partial charge in [-0.15, -0.1) is 0 Å². The molecule has 1 N–H and O–H groups in total. The van der Waals surface area contributed by atoms with Crippen molar-refractivity contribution in [3.63, 3.8) is 0 Å². The van der Waals surface area contributed by atoms with E-state index in [0.29, 0.717) is 21.2 Å². The summed E-state index contributed by atoms with van der Waals surface area (Å²) in [5, 5.41) is 2.69. The fraction of sp³-hybridized carbons (Fsp3) is 0.353. The van der Waals surface area contributed by atoms with Crippen molar-refractivity contribution in [2.24, 2.45) is 0 Å². The Morgan fingerprint density at radius 1 is 1.37 bits per heavy atom. The van der Waals surface area contributed by atoms with Crippen LogP contribution in [0, 0.1) is 5.82 Å². The highest BCUT2D eigenvalue weighted by Crippen LogP contribution is 2.32. The first-order chi connectivity index (χ1) is 12.7. The van der Waals surface area contributed by atoms with Gasteiger partial charge < -0.3 is 5.32 Å². The van der Waals surface area contributed by atoms with Gasteiger partial charge in [0.05, 0.1) is 16.4 Å². The van der Waals surface area contributed by atoms with Crippen LogP contribution < -0.4 is 5.32 Å². The fourth-order valence-electron chi connectivity index (χ4n) is 2.83. The molecule has 0 aliphatic carbocycles. The number of amides is 2. The number of nitrogens with one attached hydrogen (secondary N) is 1. The van der Waals surface area contributed by atoms with Crippen molar-refractivity contribution < 1.29 is 22.4 Å². The minimum Gasteiger partial charge on any atom is -0.352 e. The maximum absolute atomic E-state index is 13.0. The summed E-state index contributed by atoms with van der Waals surface area (Å²) >= 11 is 6.34. The van der Waals surface area contributed by atoms with Gasteiger partial charge in [-0.2, -0.15) is 0 Å². The molecule has 27 heavy (non-hydrogen) atoms. The van der Waals surface area contributed by atoms with E-state index in [1.807, 2.05) is 0 Å². The standard InChI is InChI=1S/C17H17FN2O4S3/c18-12-3-1-11(2-4-12)9-14-16(22)20(17(25)26-14)7-5-15(21)19-13-6-8-27(23,24)10-13/h1-4,9,13H,5-8,10H2,(H,19,21)/b14-9+/t13-/m0/s1. The molecule has 0 saturated carbocycles. The average molecular weight is 429 g/mol. The van der Waals surface area contributed by atoms with E-state index in [9.17, 15) is 22.4 Å². The molecule has 0 bridgehead atoms. The molecular weight excluding hydrogens is 411 g/mol. The van der Waals surface area contributed by atoms with Crippen molar-refractivity contribution in [2.45, 2.75) is 18.9 Å². The Bertz CT molecular complexity index is 913. The third-order valence-corrected chi connectivity index (χ3v) is 7.35. The Balaban J connectivity index is 1.56. The molecule has 2 amide bonds. The van der Waals surface area contributed by atoms with Crippen LogP contribution in [0.15, 0.2) is 29.2 Å². The quantitative estimate of drug-likeness (QED) is 0.568. The summed E-state index contributed by atoms with van der Waals surface area (Å²) in [5.41, 5.74) is 0.678. The lowest BCUT2D eigenvalue weighted by Gasteiger charge is -2.15. The number of carbonyl (C=O) groups is 2. The van der Waals surface area contributed by atoms with Crippen LogP contribution in [0.5, 0.6) is 0 Å². The van der Waals surface area contributed by atoms with Crippen LogP contribution in [0.3, 0.4) is 0 Å². The highest BCUT2D eigenvalue weighted by atomic mass is 32.2. The van der Waals surface area contributed by atoms with Crippen LogP contribution in [0.4, 0.5) is 4.39 Å². The lowest BCUT2D eigenvalue weighted by atomic mass is 10.2. The van der Waals surface area contributed by atoms with Crippen molar-refractivity contribution >= 4 is 56.0 Å². The van der Waals surface area contributed by atoms with E-state index in [0.717, 1.165) is 11.8 Å². The third-order valence-electron chi connectivity index (χ3n) is 4.20. The SMILES string of the molecule is O=C(CCN1C(=O)/C(=C\c2ccc(F)cc2)SC1=S)N[C@H]1CCS(=O)(=O)C1. The number of thioether (sulfide) groups is 1. The van der Waals surface area contributed by atoms with Gasteiger partial charge >= 0.3 is 0 Å². The van der Waals surface area contributed by atoms with Crippen LogP contribution in [0.2, 0.25) is 0 Å². The highest BCUT2D eigenvalue weighted by Gasteiger charge is 2.33. The number of carbonyl (C=O) groups excluding carboxylic acids is 2. The number of hydrogen-bond donors (Lipinski definition) is 1. The number of thiocarbonyl (C=S) groups is 1. The first-order valence-electron chi connectivity index (χ1n) is 8.24. The van der Waals surface area contributed by atoms with E-state index in [-0.39, 0.29) is 48.1 Å². The first-order valence-corrected chi connectivity index (χ1v) is 11.3. The number of nitrogens with zero attached hydrogens (tertiary/aromatic N) is 1. The van der Waals surface area contributed by atoms with Gasteiger partial charge in [0.2, 0.25) is 5.91 Å². The minimum atomic E-state index is -3.06. The molecule has 1 aromatic carbocycles. The molecule has 0 radical (unpaired) electrons. The van der Waals surface area contributed by atoms with Gasteiger partial charge in [0.25, 0.3) is 5.91 Å². The van der Waals surface area contributed by atoms with Crippen molar-refractivity contribution in [1.82, 2.24) is 10.2 Å². The zero-order chi connectivity index (χ0) is 19.6. The Morgan fingerprint density at radius 2 is 2.07 bits per heavy atom. The molecule has 1 atom stereocenters. The largest absolute Gasteiger partial charge is 0.352 e. The second kappa shape index (κ2) is 8.07. The number of hydrogen-bond acceptors (Lipinski definition) is 6. The second-order valence-electron chi connectivity index (χ2n) is 6.30. The van der Waals surface area contributed by atoms with Crippen molar-refractivity contribution in [3.8, 4) is 0 Å². The molecule has 2 aliphatic rings. The fourth-order valence-corrected chi connectivity index (χ4v) is 5.81. The first kappa shape index (κ1) is 20.0. The summed E-state index contributed by atoms with van der Waals surface area (Å²) in [7, 11) is -3.06. The molecular formula is C17H17FN2O4S3. The lowest BCUT2D eigenvalue weighted by Crippen LogP contribution is -2.38. The van der Waals surface area contributed by atoms with Crippen LogP contribution in [-0.2, 0) is 19.4 Å². The summed E-state index contributed by atoms with van der Waals surface area (Å²) in [5.74, 6) is -0.930. The Kier molecular flexibility index (Phi) is 5.97. The average Bonchev–Trinajstić information content (AvgIpc) is 3.07. The summed E-state index contributed by atoms with van der Waals surface area (Å²) in [6.45, 7) is 0.122. The minimum absolute atomic E-state index is 0.0345. The van der Waals surface area contributed by atoms with E-state index < -0.39 is 9.84 Å². The molecule has 0 unspecified atom stereocenters. The number of benzene rings is 1. The van der Waals surface area contributed by atoms with Gasteiger partial charge in [0.15, 0.2) is 9.84 Å². The number of rotatable bonds is 5. The summed E-state index contributed by atoms with van der Waals surface area (Å²) in [6.07, 6.45) is 2.07. The smallest absolute Gasteiger partial charge is 0.266 e. The molecule has 2 saturated heterocycles. The zero-order valence-electron chi connectivity index (χ0n) is 14.2. The lowest BCUT2D eigenvalue weighted by molar-refractivity contribution is -0.124. The van der Waals surface area contributed by atoms with Gasteiger partial charge in [-0.1, -0.05) is 36.1 Å². The maximum atomic E-state index is 13.0. The molecule has 2 fully saturated rings. The van der Waals surface area contributed by atoms with Crippen molar-refractivity contribution in [1.29, 1.82) is 0 Å². The third kappa shape index (κ3) is 5.14. The van der Waals surface area contributed by atoms with Crippen LogP contribution in [0.25, 0.3) is 6.08 Å². The van der Waals surface area contributed by atoms with Gasteiger partial charge in [-0.25, -0.2) is 12.8 Å². The predicted molar refractivity (Wildman–Crippen MR) is 106 cm³/mol. The molecule has 6 nitrogen and oxygen atoms in total. The van der Waals surface area contributed by atoms with E-state index in [1.54, 1.807) is 18.2 Å². The molecule has 2 heterocycles. The van der Waals surface area contributed by atoms with Gasteiger partial charge in [-0.05, 0) is 30.2 Å². The Labute approximate surface area is 166 Å². The normalized spacial score (nSPS) is 23.2. The van der Waals surface area contributed by atoms with Crippen LogP contribution in [-0.4, -0.2) is 53.5 Å². The van der Waals surface area contributed by atoms with Crippen LogP contribution in [0.1, 0.15) is 18.4 Å². The topological polar surface area (TPSA) is 83.6 Å². The summed E-state index contributed by atoms with van der Waals surface area (Å²) in [6, 6.07) is 5.36.